The first kappa shape index (κ1) is 21.2. The summed E-state index contributed by atoms with van der Waals surface area (Å²) in [4.78, 5) is 25.1. The fourth-order valence-electron chi connectivity index (χ4n) is 3.22. The fraction of sp³-hybridized carbons (Fsp3) is 0.250. The van der Waals surface area contributed by atoms with E-state index >= 15 is 0 Å². The van der Waals surface area contributed by atoms with Gasteiger partial charge in [0.2, 0.25) is 5.91 Å². The second-order valence-corrected chi connectivity index (χ2v) is 9.48. The van der Waals surface area contributed by atoms with Crippen LogP contribution in [0.25, 0.3) is 0 Å². The number of pyridine rings is 1. The number of aromatic nitrogens is 2. The first-order chi connectivity index (χ1) is 14.9. The van der Waals surface area contributed by atoms with Crippen LogP contribution in [0.5, 0.6) is 0 Å². The molecular weight excluding hydrogens is 441 g/mol. The third kappa shape index (κ3) is 5.17. The van der Waals surface area contributed by atoms with Crippen molar-refractivity contribution in [3.05, 3.63) is 65.6 Å². The van der Waals surface area contributed by atoms with E-state index in [4.69, 9.17) is 0 Å². The minimum Gasteiger partial charge on any atom is -0.353 e. The maximum absolute atomic E-state index is 13.0. The number of thiazole rings is 1. The molecular formula is C20H20FN5O3S2. The average molecular weight is 462 g/mol. The molecule has 3 aromatic rings. The molecule has 1 N–H and O–H groups in total. The topological polar surface area (TPSA) is 95.5 Å². The Morgan fingerprint density at radius 1 is 1.10 bits per heavy atom. The number of carbonyl (C=O) groups is 1. The lowest BCUT2D eigenvalue weighted by Gasteiger charge is -2.35. The Labute approximate surface area is 183 Å². The molecule has 2 aromatic heterocycles. The summed E-state index contributed by atoms with van der Waals surface area (Å²) in [6.07, 6.45) is 1.84. The SMILES string of the molecule is O=C(Cc1csc(NS(=O)(=O)c2ccc(F)cc2)n1)N1CCN(c2ccccn2)CC1. The van der Waals surface area contributed by atoms with Crippen molar-refractivity contribution in [2.24, 2.45) is 0 Å². The van der Waals surface area contributed by atoms with Gasteiger partial charge in [-0.15, -0.1) is 11.3 Å². The highest BCUT2D eigenvalue weighted by atomic mass is 32.2. The molecule has 8 nitrogen and oxygen atoms in total. The zero-order valence-corrected chi connectivity index (χ0v) is 18.1. The second kappa shape index (κ2) is 8.98. The number of carbonyl (C=O) groups excluding carboxylic acids is 1. The zero-order valence-electron chi connectivity index (χ0n) is 16.4. The number of hydrogen-bond donors (Lipinski definition) is 1. The Morgan fingerprint density at radius 2 is 1.84 bits per heavy atom. The number of rotatable bonds is 6. The van der Waals surface area contributed by atoms with Crippen LogP contribution in [0.15, 0.2) is 58.9 Å². The molecule has 162 valence electrons. The third-order valence-electron chi connectivity index (χ3n) is 4.84. The van der Waals surface area contributed by atoms with Crippen LogP contribution in [0.4, 0.5) is 15.3 Å². The van der Waals surface area contributed by atoms with E-state index in [-0.39, 0.29) is 22.4 Å². The Balaban J connectivity index is 1.33. The molecule has 1 saturated heterocycles. The summed E-state index contributed by atoms with van der Waals surface area (Å²) in [7, 11) is -3.87. The van der Waals surface area contributed by atoms with Gasteiger partial charge in [-0.1, -0.05) is 6.07 Å². The monoisotopic (exact) mass is 461 g/mol. The van der Waals surface area contributed by atoms with Crippen molar-refractivity contribution in [3.63, 3.8) is 0 Å². The first-order valence-corrected chi connectivity index (χ1v) is 11.9. The van der Waals surface area contributed by atoms with E-state index in [1.807, 2.05) is 18.2 Å². The van der Waals surface area contributed by atoms with Gasteiger partial charge in [0.15, 0.2) is 5.13 Å². The van der Waals surface area contributed by atoms with Crippen LogP contribution in [0.1, 0.15) is 5.69 Å². The highest BCUT2D eigenvalue weighted by molar-refractivity contribution is 7.93. The molecule has 1 aliphatic rings. The first-order valence-electron chi connectivity index (χ1n) is 9.57. The fourth-order valence-corrected chi connectivity index (χ4v) is 5.18. The summed E-state index contributed by atoms with van der Waals surface area (Å²) in [5.74, 6) is 0.320. The lowest BCUT2D eigenvalue weighted by molar-refractivity contribution is -0.130. The normalized spacial score (nSPS) is 14.5. The van der Waals surface area contributed by atoms with Crippen LogP contribution in [0, 0.1) is 5.82 Å². The van der Waals surface area contributed by atoms with Gasteiger partial charge in [0, 0.05) is 37.8 Å². The number of halogens is 1. The number of nitrogens with one attached hydrogen (secondary N) is 1. The quantitative estimate of drug-likeness (QED) is 0.606. The molecule has 31 heavy (non-hydrogen) atoms. The number of benzene rings is 1. The van der Waals surface area contributed by atoms with Gasteiger partial charge >= 0.3 is 0 Å². The minimum absolute atomic E-state index is 0.0566. The van der Waals surface area contributed by atoms with Crippen LogP contribution in [-0.4, -0.2) is 55.4 Å². The molecule has 4 rings (SSSR count). The van der Waals surface area contributed by atoms with E-state index in [1.54, 1.807) is 16.5 Å². The summed E-state index contributed by atoms with van der Waals surface area (Å²) in [5.41, 5.74) is 0.499. The molecule has 0 unspecified atom stereocenters. The standard InChI is InChI=1S/C20H20FN5O3S2/c21-15-4-6-17(7-5-15)31(28,29)24-20-23-16(14-30-20)13-19(27)26-11-9-25(10-12-26)18-3-1-2-8-22-18/h1-8,14H,9-13H2,(H,23,24). The van der Waals surface area contributed by atoms with E-state index in [0.717, 1.165) is 29.3 Å². The highest BCUT2D eigenvalue weighted by Crippen LogP contribution is 2.21. The zero-order chi connectivity index (χ0) is 21.8. The van der Waals surface area contributed by atoms with Gasteiger partial charge in [0.1, 0.15) is 11.6 Å². The van der Waals surface area contributed by atoms with E-state index in [1.165, 1.54) is 12.1 Å². The number of sulfonamides is 1. The maximum atomic E-state index is 13.0. The summed E-state index contributed by atoms with van der Waals surface area (Å²) in [6.45, 7) is 2.57. The predicted molar refractivity (Wildman–Crippen MR) is 116 cm³/mol. The van der Waals surface area contributed by atoms with Crippen LogP contribution in [-0.2, 0) is 21.2 Å². The molecule has 0 aliphatic carbocycles. The smallest absolute Gasteiger partial charge is 0.263 e. The number of amides is 1. The number of anilines is 2. The van der Waals surface area contributed by atoms with Gasteiger partial charge in [-0.05, 0) is 36.4 Å². The summed E-state index contributed by atoms with van der Waals surface area (Å²) < 4.78 is 40.2. The summed E-state index contributed by atoms with van der Waals surface area (Å²) >= 11 is 1.10. The Hall–Kier alpha value is -3.05. The van der Waals surface area contributed by atoms with Crippen molar-refractivity contribution in [2.75, 3.05) is 35.8 Å². The van der Waals surface area contributed by atoms with Gasteiger partial charge < -0.3 is 9.80 Å². The predicted octanol–water partition coefficient (Wildman–Crippen LogP) is 2.37. The molecule has 1 amide bonds. The van der Waals surface area contributed by atoms with Crippen molar-refractivity contribution >= 4 is 38.2 Å². The van der Waals surface area contributed by atoms with Gasteiger partial charge in [-0.25, -0.2) is 22.8 Å². The molecule has 0 spiro atoms. The van der Waals surface area contributed by atoms with Gasteiger partial charge in [0.25, 0.3) is 10.0 Å². The molecule has 11 heteroatoms. The van der Waals surface area contributed by atoms with E-state index in [2.05, 4.69) is 19.6 Å². The molecule has 0 radical (unpaired) electrons. The average Bonchev–Trinajstić information content (AvgIpc) is 3.20. The van der Waals surface area contributed by atoms with E-state index in [9.17, 15) is 17.6 Å². The second-order valence-electron chi connectivity index (χ2n) is 6.94. The van der Waals surface area contributed by atoms with Crippen LogP contribution in [0.2, 0.25) is 0 Å². The summed E-state index contributed by atoms with van der Waals surface area (Å²) in [5, 5.41) is 1.82. The van der Waals surface area contributed by atoms with Crippen molar-refractivity contribution in [1.29, 1.82) is 0 Å². The molecule has 0 bridgehead atoms. The minimum atomic E-state index is -3.87. The lowest BCUT2D eigenvalue weighted by atomic mass is 10.2. The van der Waals surface area contributed by atoms with E-state index in [0.29, 0.717) is 31.9 Å². The van der Waals surface area contributed by atoms with Gasteiger partial charge in [-0.2, -0.15) is 0 Å². The number of nitrogens with zero attached hydrogens (tertiary/aromatic N) is 4. The largest absolute Gasteiger partial charge is 0.353 e. The molecule has 0 atom stereocenters. The van der Waals surface area contributed by atoms with Crippen LogP contribution >= 0.6 is 11.3 Å². The van der Waals surface area contributed by atoms with Crippen LogP contribution < -0.4 is 9.62 Å². The Kier molecular flexibility index (Phi) is 6.14. The molecule has 1 fully saturated rings. The number of hydrogen-bond acceptors (Lipinski definition) is 7. The van der Waals surface area contributed by atoms with Gasteiger partial charge in [-0.3, -0.25) is 9.52 Å². The Morgan fingerprint density at radius 3 is 2.52 bits per heavy atom. The van der Waals surface area contributed by atoms with Crippen molar-refractivity contribution in [1.82, 2.24) is 14.9 Å². The summed E-state index contributed by atoms with van der Waals surface area (Å²) in [6, 6.07) is 10.3. The number of piperazine rings is 1. The molecule has 1 aromatic carbocycles. The molecule has 0 saturated carbocycles. The van der Waals surface area contributed by atoms with Crippen molar-refractivity contribution in [2.45, 2.75) is 11.3 Å². The third-order valence-corrected chi connectivity index (χ3v) is 7.13. The lowest BCUT2D eigenvalue weighted by Crippen LogP contribution is -2.49. The highest BCUT2D eigenvalue weighted by Gasteiger charge is 2.23. The van der Waals surface area contributed by atoms with E-state index < -0.39 is 15.8 Å². The molecule has 1 aliphatic heterocycles. The Bertz CT molecular complexity index is 1150. The van der Waals surface area contributed by atoms with Crippen LogP contribution in [0.3, 0.4) is 0 Å². The molecule has 3 heterocycles. The van der Waals surface area contributed by atoms with Crippen molar-refractivity contribution < 1.29 is 17.6 Å². The van der Waals surface area contributed by atoms with Crippen molar-refractivity contribution in [3.8, 4) is 0 Å². The van der Waals surface area contributed by atoms with Gasteiger partial charge in [0.05, 0.1) is 17.0 Å². The maximum Gasteiger partial charge on any atom is 0.263 e.